The maximum absolute atomic E-state index is 11.9. The van der Waals surface area contributed by atoms with Crippen molar-refractivity contribution >= 4 is 15.7 Å². The molecule has 0 spiro atoms. The molecular weight excluding hydrogens is 262 g/mol. The Balaban J connectivity index is 2.65. The minimum atomic E-state index is -3.27. The van der Waals surface area contributed by atoms with Gasteiger partial charge >= 0.3 is 0 Å². The highest BCUT2D eigenvalue weighted by atomic mass is 32.2. The summed E-state index contributed by atoms with van der Waals surface area (Å²) < 4.78 is 26.4. The summed E-state index contributed by atoms with van der Waals surface area (Å²) in [5.41, 5.74) is 1.62. The molecule has 0 aromatic heterocycles. The van der Waals surface area contributed by atoms with Crippen LogP contribution in [0.15, 0.2) is 24.3 Å². The van der Waals surface area contributed by atoms with Gasteiger partial charge in [-0.25, -0.2) is 8.42 Å². The number of hydrogen-bond donors (Lipinski definition) is 2. The van der Waals surface area contributed by atoms with Crippen LogP contribution in [0.25, 0.3) is 0 Å². The first-order valence-corrected chi connectivity index (χ1v) is 8.28. The third-order valence-corrected chi connectivity index (χ3v) is 4.11. The number of anilines is 1. The predicted molar refractivity (Wildman–Crippen MR) is 78.7 cm³/mol. The number of sulfonamides is 1. The van der Waals surface area contributed by atoms with Crippen LogP contribution in [0.1, 0.15) is 32.3 Å². The Morgan fingerprint density at radius 1 is 1.32 bits per heavy atom. The first-order valence-electron chi connectivity index (χ1n) is 6.63. The fourth-order valence-electron chi connectivity index (χ4n) is 1.69. The van der Waals surface area contributed by atoms with E-state index in [1.54, 1.807) is 6.07 Å². The molecule has 0 atom stereocenters. The van der Waals surface area contributed by atoms with E-state index in [-0.39, 0.29) is 12.4 Å². The Kier molecular flexibility index (Phi) is 6.31. The molecule has 0 saturated heterocycles. The molecule has 19 heavy (non-hydrogen) atoms. The molecule has 0 unspecified atom stereocenters. The van der Waals surface area contributed by atoms with Crippen molar-refractivity contribution in [3.63, 3.8) is 0 Å². The van der Waals surface area contributed by atoms with Gasteiger partial charge in [-0.2, -0.15) is 0 Å². The second-order valence-electron chi connectivity index (χ2n) is 5.13. The zero-order valence-corrected chi connectivity index (χ0v) is 12.4. The number of aryl methyl sites for hydroxylation is 1. The number of hydrogen-bond acceptors (Lipinski definition) is 3. The molecule has 108 valence electrons. The molecule has 0 radical (unpaired) electrons. The molecule has 0 heterocycles. The largest absolute Gasteiger partial charge is 0.396 e. The van der Waals surface area contributed by atoms with Gasteiger partial charge in [0.1, 0.15) is 0 Å². The standard InChI is InChI=1S/C14H23NO3S/c1-12(2)8-10-19(17,18)15-14-7-3-5-13(11-14)6-4-9-16/h3,5,7,11-12,15-16H,4,6,8-10H2,1-2H3. The van der Waals surface area contributed by atoms with Crippen LogP contribution in [0.2, 0.25) is 0 Å². The maximum atomic E-state index is 11.9. The van der Waals surface area contributed by atoms with Crippen molar-refractivity contribution in [1.82, 2.24) is 0 Å². The van der Waals surface area contributed by atoms with Gasteiger partial charge in [-0.15, -0.1) is 0 Å². The molecule has 1 rings (SSSR count). The second kappa shape index (κ2) is 7.50. The molecule has 0 fully saturated rings. The Morgan fingerprint density at radius 3 is 2.68 bits per heavy atom. The molecule has 5 heteroatoms. The lowest BCUT2D eigenvalue weighted by molar-refractivity contribution is 0.288. The fourth-order valence-corrected chi connectivity index (χ4v) is 3.06. The normalized spacial score (nSPS) is 11.8. The SMILES string of the molecule is CC(C)CCS(=O)(=O)Nc1cccc(CCCO)c1. The van der Waals surface area contributed by atoms with Crippen LogP contribution < -0.4 is 4.72 Å². The average molecular weight is 285 g/mol. The first-order chi connectivity index (χ1) is 8.93. The number of rotatable bonds is 8. The molecule has 2 N–H and O–H groups in total. The number of benzene rings is 1. The van der Waals surface area contributed by atoms with E-state index in [1.807, 2.05) is 32.0 Å². The summed E-state index contributed by atoms with van der Waals surface area (Å²) in [6.45, 7) is 4.15. The van der Waals surface area contributed by atoms with Crippen LogP contribution in [-0.4, -0.2) is 25.9 Å². The summed E-state index contributed by atoms with van der Waals surface area (Å²) in [7, 11) is -3.27. The molecule has 0 saturated carbocycles. The highest BCUT2D eigenvalue weighted by molar-refractivity contribution is 7.92. The van der Waals surface area contributed by atoms with Crippen LogP contribution >= 0.6 is 0 Å². The van der Waals surface area contributed by atoms with Crippen molar-refractivity contribution in [2.24, 2.45) is 5.92 Å². The van der Waals surface area contributed by atoms with Gasteiger partial charge in [-0.05, 0) is 42.9 Å². The zero-order chi connectivity index (χ0) is 14.3. The van der Waals surface area contributed by atoms with Crippen LogP contribution in [-0.2, 0) is 16.4 Å². The highest BCUT2D eigenvalue weighted by Crippen LogP contribution is 2.15. The lowest BCUT2D eigenvalue weighted by Gasteiger charge is -2.10. The molecule has 1 aromatic carbocycles. The van der Waals surface area contributed by atoms with Gasteiger partial charge in [0, 0.05) is 12.3 Å². The smallest absolute Gasteiger partial charge is 0.232 e. The minimum Gasteiger partial charge on any atom is -0.396 e. The van der Waals surface area contributed by atoms with E-state index in [9.17, 15) is 8.42 Å². The van der Waals surface area contributed by atoms with E-state index in [2.05, 4.69) is 4.72 Å². The van der Waals surface area contributed by atoms with Crippen LogP contribution in [0.3, 0.4) is 0 Å². The number of aliphatic hydroxyl groups is 1. The Hall–Kier alpha value is -1.07. The van der Waals surface area contributed by atoms with E-state index in [0.29, 0.717) is 24.4 Å². The summed E-state index contributed by atoms with van der Waals surface area (Å²) in [5, 5.41) is 8.79. The fraction of sp³-hybridized carbons (Fsp3) is 0.571. The van der Waals surface area contributed by atoms with E-state index < -0.39 is 10.0 Å². The minimum absolute atomic E-state index is 0.143. The van der Waals surface area contributed by atoms with Gasteiger partial charge in [0.2, 0.25) is 10.0 Å². The van der Waals surface area contributed by atoms with Crippen molar-refractivity contribution < 1.29 is 13.5 Å². The lowest BCUT2D eigenvalue weighted by atomic mass is 10.1. The van der Waals surface area contributed by atoms with Gasteiger partial charge in [0.25, 0.3) is 0 Å². The molecule has 0 aliphatic rings. The van der Waals surface area contributed by atoms with Crippen molar-refractivity contribution in [1.29, 1.82) is 0 Å². The van der Waals surface area contributed by atoms with Crippen LogP contribution in [0.5, 0.6) is 0 Å². The summed E-state index contributed by atoms with van der Waals surface area (Å²) in [4.78, 5) is 0. The summed E-state index contributed by atoms with van der Waals surface area (Å²) in [5.74, 6) is 0.512. The van der Waals surface area contributed by atoms with Gasteiger partial charge < -0.3 is 5.11 Å². The molecule has 0 aliphatic heterocycles. The van der Waals surface area contributed by atoms with Crippen LogP contribution in [0.4, 0.5) is 5.69 Å². The molecule has 4 nitrogen and oxygen atoms in total. The van der Waals surface area contributed by atoms with E-state index in [0.717, 1.165) is 12.0 Å². The second-order valence-corrected chi connectivity index (χ2v) is 6.97. The lowest BCUT2D eigenvalue weighted by Crippen LogP contribution is -2.18. The Labute approximate surface area is 115 Å². The molecule has 0 bridgehead atoms. The number of aliphatic hydroxyl groups excluding tert-OH is 1. The van der Waals surface area contributed by atoms with Crippen molar-refractivity contribution in [2.45, 2.75) is 33.1 Å². The third kappa shape index (κ3) is 6.59. The van der Waals surface area contributed by atoms with Gasteiger partial charge in [-0.3, -0.25) is 4.72 Å². The summed E-state index contributed by atoms with van der Waals surface area (Å²) >= 11 is 0. The molecule has 0 aliphatic carbocycles. The van der Waals surface area contributed by atoms with E-state index >= 15 is 0 Å². The monoisotopic (exact) mass is 285 g/mol. The quantitative estimate of drug-likeness (QED) is 0.770. The average Bonchev–Trinajstić information content (AvgIpc) is 2.34. The number of nitrogens with one attached hydrogen (secondary N) is 1. The maximum Gasteiger partial charge on any atom is 0.232 e. The van der Waals surface area contributed by atoms with Gasteiger partial charge in [-0.1, -0.05) is 26.0 Å². The van der Waals surface area contributed by atoms with Crippen molar-refractivity contribution in [3.05, 3.63) is 29.8 Å². The van der Waals surface area contributed by atoms with Crippen molar-refractivity contribution in [2.75, 3.05) is 17.1 Å². The topological polar surface area (TPSA) is 66.4 Å². The van der Waals surface area contributed by atoms with E-state index in [1.165, 1.54) is 0 Å². The summed E-state index contributed by atoms with van der Waals surface area (Å²) in [6.07, 6.45) is 2.08. The Bertz CT molecular complexity index is 483. The summed E-state index contributed by atoms with van der Waals surface area (Å²) in [6, 6.07) is 7.33. The van der Waals surface area contributed by atoms with E-state index in [4.69, 9.17) is 5.11 Å². The first kappa shape index (κ1) is 16.0. The molecule has 1 aromatic rings. The van der Waals surface area contributed by atoms with Gasteiger partial charge in [0.15, 0.2) is 0 Å². The van der Waals surface area contributed by atoms with Crippen molar-refractivity contribution in [3.8, 4) is 0 Å². The predicted octanol–water partition coefficient (Wildman–Crippen LogP) is 2.40. The Morgan fingerprint density at radius 2 is 2.05 bits per heavy atom. The highest BCUT2D eigenvalue weighted by Gasteiger charge is 2.11. The van der Waals surface area contributed by atoms with Crippen LogP contribution in [0, 0.1) is 5.92 Å². The third-order valence-electron chi connectivity index (χ3n) is 2.79. The zero-order valence-electron chi connectivity index (χ0n) is 11.6. The molecule has 0 amide bonds. The molecular formula is C14H23NO3S. The van der Waals surface area contributed by atoms with Gasteiger partial charge in [0.05, 0.1) is 5.75 Å².